The van der Waals surface area contributed by atoms with Gasteiger partial charge in [-0.2, -0.15) is 0 Å². The van der Waals surface area contributed by atoms with Gasteiger partial charge in [-0.3, -0.25) is 9.69 Å². The van der Waals surface area contributed by atoms with Gasteiger partial charge in [0.2, 0.25) is 0 Å². The highest BCUT2D eigenvalue weighted by Crippen LogP contribution is 2.35. The van der Waals surface area contributed by atoms with E-state index in [0.29, 0.717) is 33.1 Å². The number of hydrogen-bond acceptors (Lipinski definition) is 6. The van der Waals surface area contributed by atoms with E-state index in [-0.39, 0.29) is 41.5 Å². The molecular weight excluding hydrogens is 508 g/mol. The fourth-order valence-electron chi connectivity index (χ4n) is 5.31. The van der Waals surface area contributed by atoms with E-state index in [1.807, 2.05) is 0 Å². The molecule has 0 radical (unpaired) electrons. The number of amides is 1. The van der Waals surface area contributed by atoms with Gasteiger partial charge in [-0.15, -0.1) is 11.3 Å². The second kappa shape index (κ2) is 10.6. The number of carbonyl (C=O) groups is 1. The Hall–Kier alpha value is -2.33. The third-order valence-corrected chi connectivity index (χ3v) is 8.40. The highest BCUT2D eigenvalue weighted by Gasteiger charge is 2.39. The predicted molar refractivity (Wildman–Crippen MR) is 136 cm³/mol. The monoisotopic (exact) mass is 535 g/mol. The third-order valence-electron chi connectivity index (χ3n) is 7.09. The largest absolute Gasteiger partial charge is 0.491 e. The molecule has 10 heteroatoms. The Labute approximate surface area is 217 Å². The van der Waals surface area contributed by atoms with Crippen molar-refractivity contribution in [1.82, 2.24) is 15.2 Å². The van der Waals surface area contributed by atoms with E-state index in [4.69, 9.17) is 16.3 Å². The maximum atomic E-state index is 13.8. The number of nitrogens with zero attached hydrogens (tertiary/aromatic N) is 2. The first-order valence-electron chi connectivity index (χ1n) is 12.2. The number of aromatic nitrogens is 1. The first kappa shape index (κ1) is 25.3. The average molecular weight is 536 g/mol. The maximum absolute atomic E-state index is 13.8. The van der Waals surface area contributed by atoms with Crippen molar-refractivity contribution in [3.05, 3.63) is 57.6 Å². The molecule has 1 amide bonds. The molecule has 2 aromatic carbocycles. The van der Waals surface area contributed by atoms with Crippen LogP contribution < -0.4 is 10.1 Å². The Kier molecular flexibility index (Phi) is 7.44. The van der Waals surface area contributed by atoms with Crippen molar-refractivity contribution in [3.8, 4) is 5.75 Å². The minimum Gasteiger partial charge on any atom is -0.491 e. The number of hydrogen-bond donors (Lipinski definition) is 2. The van der Waals surface area contributed by atoms with Crippen molar-refractivity contribution in [2.24, 2.45) is 0 Å². The maximum Gasteiger partial charge on any atom is 0.280 e. The molecule has 2 aliphatic heterocycles. The highest BCUT2D eigenvalue weighted by molar-refractivity contribution is 7.20. The normalized spacial score (nSPS) is 23.0. The van der Waals surface area contributed by atoms with E-state index in [1.165, 1.54) is 18.2 Å². The van der Waals surface area contributed by atoms with Crippen LogP contribution in [0.5, 0.6) is 5.75 Å². The van der Waals surface area contributed by atoms with Crippen molar-refractivity contribution in [1.29, 1.82) is 0 Å². The van der Waals surface area contributed by atoms with Gasteiger partial charge < -0.3 is 15.2 Å². The molecular formula is C26H28ClF2N3O3S. The molecule has 2 saturated heterocycles. The summed E-state index contributed by atoms with van der Waals surface area (Å²) in [6.07, 6.45) is 3.97. The van der Waals surface area contributed by atoms with Crippen molar-refractivity contribution in [2.75, 3.05) is 13.2 Å². The number of aliphatic hydroxyl groups excluding tert-OH is 1. The molecule has 2 aliphatic rings. The zero-order chi connectivity index (χ0) is 25.4. The molecule has 36 heavy (non-hydrogen) atoms. The number of aryl methyl sites for hydroxylation is 1. The van der Waals surface area contributed by atoms with E-state index >= 15 is 0 Å². The van der Waals surface area contributed by atoms with E-state index < -0.39 is 11.9 Å². The van der Waals surface area contributed by atoms with E-state index in [2.05, 4.69) is 15.2 Å². The average Bonchev–Trinajstić information content (AvgIpc) is 3.23. The lowest BCUT2D eigenvalue weighted by atomic mass is 9.81. The van der Waals surface area contributed by atoms with Gasteiger partial charge >= 0.3 is 0 Å². The Balaban J connectivity index is 1.17. The van der Waals surface area contributed by atoms with Gasteiger partial charge in [0.15, 0.2) is 5.01 Å². The van der Waals surface area contributed by atoms with Gasteiger partial charge in [0, 0.05) is 30.7 Å². The number of aliphatic hydroxyl groups is 1. The van der Waals surface area contributed by atoms with E-state index in [1.54, 1.807) is 19.1 Å². The van der Waals surface area contributed by atoms with Crippen LogP contribution in [0, 0.1) is 18.6 Å². The number of thiazole rings is 1. The summed E-state index contributed by atoms with van der Waals surface area (Å²) in [5.74, 6) is -0.720. The number of ether oxygens (including phenoxy) is 1. The molecule has 2 fully saturated rings. The standard InChI is InChI=1S/C26H28ClF2N3O3S/c1-14-5-6-19(9-21(14)28)35-13-18(33)12-32-16-3-2-4-17(32)8-15(7-16)30-25(34)26-31-23-10-20(27)22(29)11-24(23)36-26/h5-6,9-11,15-18,33H,2-4,7-8,12-13H2,1H3,(H,30,34). The molecule has 0 saturated carbocycles. The van der Waals surface area contributed by atoms with Gasteiger partial charge in [-0.1, -0.05) is 24.1 Å². The minimum atomic E-state index is -0.710. The summed E-state index contributed by atoms with van der Waals surface area (Å²) in [7, 11) is 0. The molecule has 5 rings (SSSR count). The number of carbonyl (C=O) groups excluding carboxylic acids is 1. The summed E-state index contributed by atoms with van der Waals surface area (Å²) in [6.45, 7) is 2.24. The van der Waals surface area contributed by atoms with E-state index in [0.717, 1.165) is 43.4 Å². The molecule has 6 nitrogen and oxygen atoms in total. The first-order chi connectivity index (χ1) is 17.3. The Bertz CT molecular complexity index is 1220. The highest BCUT2D eigenvalue weighted by atomic mass is 35.5. The molecule has 1 aromatic heterocycles. The quantitative estimate of drug-likeness (QED) is 0.441. The van der Waals surface area contributed by atoms with Crippen LogP contribution in [0.15, 0.2) is 30.3 Å². The summed E-state index contributed by atoms with van der Waals surface area (Å²) < 4.78 is 33.7. The SMILES string of the molecule is Cc1ccc(OCC(O)CN2C3CCCC2CC(NC(=O)c2nc4cc(Cl)c(F)cc4s2)C3)cc1F. The second-order valence-electron chi connectivity index (χ2n) is 9.71. The lowest BCUT2D eigenvalue weighted by molar-refractivity contribution is -0.0195. The van der Waals surface area contributed by atoms with Crippen molar-refractivity contribution >= 4 is 39.1 Å². The minimum absolute atomic E-state index is 0.000290. The topological polar surface area (TPSA) is 74.7 Å². The van der Waals surface area contributed by atoms with Crippen LogP contribution in [0.25, 0.3) is 10.2 Å². The van der Waals surface area contributed by atoms with Crippen molar-refractivity contribution in [2.45, 2.75) is 63.3 Å². The number of rotatable bonds is 7. The Morgan fingerprint density at radius 1 is 1.25 bits per heavy atom. The number of halogens is 3. The summed E-state index contributed by atoms with van der Waals surface area (Å²) in [5, 5.41) is 14.0. The van der Waals surface area contributed by atoms with E-state index in [9.17, 15) is 18.7 Å². The lowest BCUT2D eigenvalue weighted by Crippen LogP contribution is -2.58. The third kappa shape index (κ3) is 5.49. The van der Waals surface area contributed by atoms with Crippen molar-refractivity contribution < 1.29 is 23.4 Å². The first-order valence-corrected chi connectivity index (χ1v) is 13.4. The van der Waals surface area contributed by atoms with Gasteiger partial charge in [0.05, 0.1) is 15.2 Å². The molecule has 3 heterocycles. The summed E-state index contributed by atoms with van der Waals surface area (Å²) >= 11 is 6.99. The number of fused-ring (bicyclic) bond motifs is 3. The fourth-order valence-corrected chi connectivity index (χ4v) is 6.35. The molecule has 192 valence electrons. The molecule has 0 spiro atoms. The van der Waals surface area contributed by atoms with Gasteiger partial charge in [-0.25, -0.2) is 13.8 Å². The smallest absolute Gasteiger partial charge is 0.280 e. The predicted octanol–water partition coefficient (Wildman–Crippen LogP) is 5.09. The molecule has 2 bridgehead atoms. The van der Waals surface area contributed by atoms with Gasteiger partial charge in [0.25, 0.3) is 5.91 Å². The Morgan fingerprint density at radius 3 is 2.72 bits per heavy atom. The van der Waals surface area contributed by atoms with Crippen LogP contribution in [0.3, 0.4) is 0 Å². The summed E-state index contributed by atoms with van der Waals surface area (Å²) in [6, 6.07) is 7.93. The summed E-state index contributed by atoms with van der Waals surface area (Å²) in [4.78, 5) is 19.6. The molecule has 3 unspecified atom stereocenters. The van der Waals surface area contributed by atoms with Gasteiger partial charge in [0.1, 0.15) is 30.1 Å². The molecule has 3 atom stereocenters. The van der Waals surface area contributed by atoms with Crippen LogP contribution in [0.4, 0.5) is 8.78 Å². The zero-order valence-corrected chi connectivity index (χ0v) is 21.4. The molecule has 2 N–H and O–H groups in total. The van der Waals surface area contributed by atoms with Gasteiger partial charge in [-0.05, 0) is 56.4 Å². The van der Waals surface area contributed by atoms with Crippen LogP contribution in [-0.4, -0.2) is 58.3 Å². The Morgan fingerprint density at radius 2 is 2.00 bits per heavy atom. The molecule has 3 aromatic rings. The number of benzene rings is 2. The molecule has 0 aliphatic carbocycles. The summed E-state index contributed by atoms with van der Waals surface area (Å²) in [5.41, 5.74) is 1.06. The number of nitrogens with one attached hydrogen (secondary N) is 1. The second-order valence-corrected chi connectivity index (χ2v) is 11.1. The fraction of sp³-hybridized carbons (Fsp3) is 0.462. The van der Waals surface area contributed by atoms with Crippen LogP contribution in [-0.2, 0) is 0 Å². The number of piperidine rings is 2. The van der Waals surface area contributed by atoms with Crippen LogP contribution in [0.2, 0.25) is 5.02 Å². The van der Waals surface area contributed by atoms with Crippen LogP contribution >= 0.6 is 22.9 Å². The van der Waals surface area contributed by atoms with Crippen LogP contribution in [0.1, 0.15) is 47.5 Å². The lowest BCUT2D eigenvalue weighted by Gasteiger charge is -2.49. The van der Waals surface area contributed by atoms with Crippen molar-refractivity contribution in [3.63, 3.8) is 0 Å². The zero-order valence-electron chi connectivity index (χ0n) is 19.8.